The zero-order valence-corrected chi connectivity index (χ0v) is 10.7. The van der Waals surface area contributed by atoms with Gasteiger partial charge in [0.25, 0.3) is 0 Å². The summed E-state index contributed by atoms with van der Waals surface area (Å²) in [6, 6.07) is 2.59. The minimum atomic E-state index is -1.12. The zero-order chi connectivity index (χ0) is 13.4. The number of benzene rings is 1. The standard InChI is InChI=1S/C11H9BrF2N2O2/c12-6-1-2-7(10(14)9(6)13)16-4-5(11(15)18)3-8(16)17/h1-2,5H,3-4H2,(H2,15,18). The van der Waals surface area contributed by atoms with Crippen molar-refractivity contribution in [3.63, 3.8) is 0 Å². The molecule has 1 unspecified atom stereocenters. The van der Waals surface area contributed by atoms with Crippen LogP contribution in [0.4, 0.5) is 14.5 Å². The molecule has 2 amide bonds. The molecule has 1 aromatic carbocycles. The second-order valence-electron chi connectivity index (χ2n) is 4.00. The number of nitrogens with zero attached hydrogens (tertiary/aromatic N) is 1. The van der Waals surface area contributed by atoms with E-state index in [1.165, 1.54) is 12.1 Å². The smallest absolute Gasteiger partial charge is 0.227 e. The number of carbonyl (C=O) groups is 2. The molecule has 0 bridgehead atoms. The summed E-state index contributed by atoms with van der Waals surface area (Å²) < 4.78 is 27.1. The maximum absolute atomic E-state index is 13.7. The number of carbonyl (C=O) groups excluding carboxylic acids is 2. The van der Waals surface area contributed by atoms with Crippen LogP contribution in [0.5, 0.6) is 0 Å². The Hall–Kier alpha value is -1.50. The Morgan fingerprint density at radius 1 is 1.39 bits per heavy atom. The first-order valence-electron chi connectivity index (χ1n) is 5.15. The number of nitrogens with two attached hydrogens (primary N) is 1. The van der Waals surface area contributed by atoms with Crippen LogP contribution in [-0.4, -0.2) is 18.4 Å². The van der Waals surface area contributed by atoms with E-state index in [4.69, 9.17) is 5.73 Å². The summed E-state index contributed by atoms with van der Waals surface area (Å²) in [6.45, 7) is -0.0217. The molecule has 1 aliphatic heterocycles. The lowest BCUT2D eigenvalue weighted by molar-refractivity contribution is -0.123. The lowest BCUT2D eigenvalue weighted by atomic mass is 10.1. The Morgan fingerprint density at radius 2 is 2.06 bits per heavy atom. The van der Waals surface area contributed by atoms with Crippen LogP contribution < -0.4 is 10.6 Å². The Balaban J connectivity index is 2.36. The van der Waals surface area contributed by atoms with Crippen molar-refractivity contribution < 1.29 is 18.4 Å². The second-order valence-corrected chi connectivity index (χ2v) is 4.86. The predicted octanol–water partition coefficient (Wildman–Crippen LogP) is 1.57. The fourth-order valence-electron chi connectivity index (χ4n) is 1.86. The van der Waals surface area contributed by atoms with E-state index < -0.39 is 29.4 Å². The quantitative estimate of drug-likeness (QED) is 0.841. The summed E-state index contributed by atoms with van der Waals surface area (Å²) in [5.41, 5.74) is 4.92. The van der Waals surface area contributed by atoms with Gasteiger partial charge >= 0.3 is 0 Å². The van der Waals surface area contributed by atoms with Gasteiger partial charge in [0.2, 0.25) is 11.8 Å². The third kappa shape index (κ3) is 2.10. The number of hydrogen-bond donors (Lipinski definition) is 1. The van der Waals surface area contributed by atoms with Crippen LogP contribution in [-0.2, 0) is 9.59 Å². The lowest BCUT2D eigenvalue weighted by Crippen LogP contribution is -2.29. The van der Waals surface area contributed by atoms with Crippen molar-refractivity contribution in [3.8, 4) is 0 Å². The van der Waals surface area contributed by atoms with E-state index >= 15 is 0 Å². The fourth-order valence-corrected chi connectivity index (χ4v) is 2.16. The highest BCUT2D eigenvalue weighted by Crippen LogP contribution is 2.31. The highest BCUT2D eigenvalue weighted by molar-refractivity contribution is 9.10. The molecule has 1 saturated heterocycles. The Kier molecular flexibility index (Phi) is 3.34. The van der Waals surface area contributed by atoms with Crippen molar-refractivity contribution in [1.82, 2.24) is 0 Å². The molecule has 4 nitrogen and oxygen atoms in total. The maximum Gasteiger partial charge on any atom is 0.227 e. The first-order chi connectivity index (χ1) is 8.41. The lowest BCUT2D eigenvalue weighted by Gasteiger charge is -2.17. The summed E-state index contributed by atoms with van der Waals surface area (Å²) in [6.07, 6.45) is -0.0769. The van der Waals surface area contributed by atoms with Gasteiger partial charge in [0, 0.05) is 13.0 Å². The van der Waals surface area contributed by atoms with Crippen LogP contribution >= 0.6 is 15.9 Å². The number of halogens is 3. The van der Waals surface area contributed by atoms with Gasteiger partial charge in [0.1, 0.15) is 0 Å². The van der Waals surface area contributed by atoms with Gasteiger partial charge in [-0.05, 0) is 28.1 Å². The Bertz CT molecular complexity index is 536. The average molecular weight is 319 g/mol. The molecular weight excluding hydrogens is 310 g/mol. The largest absolute Gasteiger partial charge is 0.369 e. The third-order valence-electron chi connectivity index (χ3n) is 2.83. The minimum Gasteiger partial charge on any atom is -0.369 e. The molecule has 1 atom stereocenters. The SMILES string of the molecule is NC(=O)C1CC(=O)N(c2ccc(Br)c(F)c2F)C1. The van der Waals surface area contributed by atoms with Gasteiger partial charge in [-0.1, -0.05) is 0 Å². The van der Waals surface area contributed by atoms with Crippen molar-refractivity contribution in [2.24, 2.45) is 11.7 Å². The predicted molar refractivity (Wildman–Crippen MR) is 63.7 cm³/mol. The second kappa shape index (κ2) is 4.64. The molecule has 7 heteroatoms. The van der Waals surface area contributed by atoms with Gasteiger partial charge in [-0.15, -0.1) is 0 Å². The van der Waals surface area contributed by atoms with Gasteiger partial charge in [-0.2, -0.15) is 0 Å². The van der Waals surface area contributed by atoms with E-state index in [1.54, 1.807) is 0 Å². The number of rotatable bonds is 2. The first-order valence-corrected chi connectivity index (χ1v) is 5.94. The third-order valence-corrected chi connectivity index (χ3v) is 3.45. The van der Waals surface area contributed by atoms with Gasteiger partial charge in [-0.25, -0.2) is 8.78 Å². The fraction of sp³-hybridized carbons (Fsp3) is 0.273. The van der Waals surface area contributed by atoms with Crippen LogP contribution in [0, 0.1) is 17.6 Å². The van der Waals surface area contributed by atoms with Crippen LogP contribution in [0.15, 0.2) is 16.6 Å². The molecule has 1 fully saturated rings. The molecule has 1 aliphatic rings. The molecule has 0 spiro atoms. The van der Waals surface area contributed by atoms with E-state index in [0.29, 0.717) is 0 Å². The van der Waals surface area contributed by atoms with Crippen molar-refractivity contribution in [3.05, 3.63) is 28.2 Å². The zero-order valence-electron chi connectivity index (χ0n) is 9.12. The molecular formula is C11H9BrF2N2O2. The van der Waals surface area contributed by atoms with E-state index in [9.17, 15) is 18.4 Å². The van der Waals surface area contributed by atoms with Crippen molar-refractivity contribution in [1.29, 1.82) is 0 Å². The molecule has 2 N–H and O–H groups in total. The van der Waals surface area contributed by atoms with Crippen LogP contribution in [0.2, 0.25) is 0 Å². The molecule has 1 heterocycles. The van der Waals surface area contributed by atoms with E-state index in [2.05, 4.69) is 15.9 Å². The number of primary amides is 1. The molecule has 96 valence electrons. The van der Waals surface area contributed by atoms with Crippen molar-refractivity contribution in [2.75, 3.05) is 11.4 Å². The maximum atomic E-state index is 13.7. The molecule has 0 saturated carbocycles. The molecule has 1 aromatic rings. The van der Waals surface area contributed by atoms with Crippen molar-refractivity contribution in [2.45, 2.75) is 6.42 Å². The summed E-state index contributed by atoms with van der Waals surface area (Å²) >= 11 is 2.85. The summed E-state index contributed by atoms with van der Waals surface area (Å²) in [4.78, 5) is 23.7. The van der Waals surface area contributed by atoms with E-state index in [-0.39, 0.29) is 23.1 Å². The molecule has 0 aromatic heterocycles. The monoisotopic (exact) mass is 318 g/mol. The van der Waals surface area contributed by atoms with Crippen molar-refractivity contribution >= 4 is 33.4 Å². The van der Waals surface area contributed by atoms with E-state index in [1.807, 2.05) is 0 Å². The number of anilines is 1. The van der Waals surface area contributed by atoms with Crippen LogP contribution in [0.25, 0.3) is 0 Å². The van der Waals surface area contributed by atoms with Gasteiger partial charge in [-0.3, -0.25) is 9.59 Å². The minimum absolute atomic E-state index is 0.0217. The number of amides is 2. The summed E-state index contributed by atoms with van der Waals surface area (Å²) in [5, 5.41) is 0. The molecule has 2 rings (SSSR count). The van der Waals surface area contributed by atoms with Crippen LogP contribution in [0.1, 0.15) is 6.42 Å². The molecule has 18 heavy (non-hydrogen) atoms. The Morgan fingerprint density at radius 3 is 2.61 bits per heavy atom. The highest BCUT2D eigenvalue weighted by atomic mass is 79.9. The summed E-state index contributed by atoms with van der Waals surface area (Å²) in [5.74, 6) is -3.92. The average Bonchev–Trinajstić information content (AvgIpc) is 2.69. The van der Waals surface area contributed by atoms with Crippen LogP contribution in [0.3, 0.4) is 0 Å². The highest BCUT2D eigenvalue weighted by Gasteiger charge is 2.35. The van der Waals surface area contributed by atoms with Gasteiger partial charge in [0.05, 0.1) is 16.1 Å². The Labute approximate surface area is 110 Å². The first kappa shape index (κ1) is 12.9. The topological polar surface area (TPSA) is 63.4 Å². The number of hydrogen-bond acceptors (Lipinski definition) is 2. The van der Waals surface area contributed by atoms with Gasteiger partial charge < -0.3 is 10.6 Å². The summed E-state index contributed by atoms with van der Waals surface area (Å²) in [7, 11) is 0. The normalized spacial score (nSPS) is 19.4. The molecule has 0 aliphatic carbocycles. The molecule has 0 radical (unpaired) electrons. The van der Waals surface area contributed by atoms with Gasteiger partial charge in [0.15, 0.2) is 11.6 Å². The van der Waals surface area contributed by atoms with E-state index in [0.717, 1.165) is 4.90 Å².